The molecular formula is C16H20IN3O. The molecule has 1 heterocycles. The van der Waals surface area contributed by atoms with E-state index in [1.807, 2.05) is 37.4 Å². The molecule has 0 aliphatic heterocycles. The molecule has 2 rings (SSSR count). The average Bonchev–Trinajstić information content (AvgIpc) is 2.48. The maximum atomic E-state index is 5.74. The predicted molar refractivity (Wildman–Crippen MR) is 93.6 cm³/mol. The zero-order valence-corrected chi connectivity index (χ0v) is 14.7. The Kier molecular flexibility index (Phi) is 5.78. The molecule has 0 fully saturated rings. The third kappa shape index (κ3) is 4.56. The molecule has 1 aromatic heterocycles. The van der Waals surface area contributed by atoms with Gasteiger partial charge in [0.1, 0.15) is 18.2 Å². The van der Waals surface area contributed by atoms with Gasteiger partial charge >= 0.3 is 0 Å². The summed E-state index contributed by atoms with van der Waals surface area (Å²) in [7, 11) is 1.88. The molecule has 0 saturated carbocycles. The number of aromatic nitrogens is 2. The lowest BCUT2D eigenvalue weighted by atomic mass is 10.1. The van der Waals surface area contributed by atoms with E-state index in [4.69, 9.17) is 4.74 Å². The Labute approximate surface area is 139 Å². The van der Waals surface area contributed by atoms with Crippen LogP contribution >= 0.6 is 22.6 Å². The van der Waals surface area contributed by atoms with Gasteiger partial charge in [0.15, 0.2) is 5.82 Å². The molecule has 112 valence electrons. The Hall–Kier alpha value is -1.37. The first-order valence-electron chi connectivity index (χ1n) is 7.01. The van der Waals surface area contributed by atoms with Crippen LogP contribution in [0.25, 0.3) is 0 Å². The van der Waals surface area contributed by atoms with Gasteiger partial charge in [-0.3, -0.25) is 0 Å². The molecule has 0 atom stereocenters. The van der Waals surface area contributed by atoms with Gasteiger partial charge in [0, 0.05) is 7.05 Å². The molecule has 0 aliphatic carbocycles. The van der Waals surface area contributed by atoms with Gasteiger partial charge in [-0.25, -0.2) is 9.97 Å². The molecule has 5 heteroatoms. The van der Waals surface area contributed by atoms with Crippen LogP contribution in [0.15, 0.2) is 30.3 Å². The van der Waals surface area contributed by atoms with Gasteiger partial charge in [-0.15, -0.1) is 0 Å². The highest BCUT2D eigenvalue weighted by molar-refractivity contribution is 14.1. The van der Waals surface area contributed by atoms with Crippen molar-refractivity contribution in [1.82, 2.24) is 9.97 Å². The summed E-state index contributed by atoms with van der Waals surface area (Å²) in [6.07, 6.45) is 0.938. The van der Waals surface area contributed by atoms with Gasteiger partial charge in [0.05, 0.1) is 9.26 Å². The molecular weight excluding hydrogens is 377 g/mol. The summed E-state index contributed by atoms with van der Waals surface area (Å²) in [5.74, 6) is 2.96. The lowest BCUT2D eigenvalue weighted by Gasteiger charge is -2.13. The first-order chi connectivity index (χ1) is 10.1. The molecule has 2 aromatic rings. The number of benzene rings is 1. The van der Waals surface area contributed by atoms with Gasteiger partial charge in [0.2, 0.25) is 0 Å². The second kappa shape index (κ2) is 7.59. The fourth-order valence-corrected chi connectivity index (χ4v) is 2.69. The van der Waals surface area contributed by atoms with E-state index in [9.17, 15) is 0 Å². The minimum atomic E-state index is 0.376. The fraction of sp³-hybridized carbons (Fsp3) is 0.375. The highest BCUT2D eigenvalue weighted by Gasteiger charge is 2.13. The predicted octanol–water partition coefficient (Wildman–Crippen LogP) is 3.90. The molecule has 0 aliphatic rings. The number of hydrogen-bond donors (Lipinski definition) is 1. The molecule has 4 nitrogen and oxygen atoms in total. The van der Waals surface area contributed by atoms with Gasteiger partial charge in [-0.05, 0) is 47.1 Å². The topological polar surface area (TPSA) is 47.0 Å². The van der Waals surface area contributed by atoms with Crippen LogP contribution in [0.1, 0.15) is 25.4 Å². The summed E-state index contributed by atoms with van der Waals surface area (Å²) in [5, 5.41) is 3.13. The summed E-state index contributed by atoms with van der Waals surface area (Å²) in [4.78, 5) is 9.17. The zero-order valence-electron chi connectivity index (χ0n) is 12.6. The maximum Gasteiger partial charge on any atom is 0.168 e. The molecule has 0 amide bonds. The fourth-order valence-electron chi connectivity index (χ4n) is 1.96. The van der Waals surface area contributed by atoms with Crippen molar-refractivity contribution in [3.63, 3.8) is 0 Å². The minimum absolute atomic E-state index is 0.376. The van der Waals surface area contributed by atoms with Crippen LogP contribution < -0.4 is 10.1 Å². The Bertz CT molecular complexity index is 588. The van der Waals surface area contributed by atoms with Crippen molar-refractivity contribution in [2.24, 2.45) is 5.92 Å². The SMILES string of the molecule is CNc1nc(COc2ccccc2)nc(CC(C)C)c1I. The van der Waals surface area contributed by atoms with Crippen LogP contribution in [0.2, 0.25) is 0 Å². The number of ether oxygens (including phenoxy) is 1. The largest absolute Gasteiger partial charge is 0.486 e. The van der Waals surface area contributed by atoms with Crippen molar-refractivity contribution >= 4 is 28.4 Å². The number of nitrogens with one attached hydrogen (secondary N) is 1. The van der Waals surface area contributed by atoms with Crippen LogP contribution in [-0.2, 0) is 13.0 Å². The third-order valence-corrected chi connectivity index (χ3v) is 4.05. The summed E-state index contributed by atoms with van der Waals surface area (Å²) in [6, 6.07) is 9.73. The Morgan fingerprint density at radius 3 is 2.52 bits per heavy atom. The van der Waals surface area contributed by atoms with Crippen molar-refractivity contribution in [1.29, 1.82) is 0 Å². The number of rotatable bonds is 6. The summed E-state index contributed by atoms with van der Waals surface area (Å²) in [6.45, 7) is 4.76. The smallest absolute Gasteiger partial charge is 0.168 e. The maximum absolute atomic E-state index is 5.74. The zero-order chi connectivity index (χ0) is 15.2. The Balaban J connectivity index is 2.18. The van der Waals surface area contributed by atoms with E-state index in [1.165, 1.54) is 0 Å². The Morgan fingerprint density at radius 1 is 1.19 bits per heavy atom. The van der Waals surface area contributed by atoms with E-state index in [1.54, 1.807) is 0 Å². The van der Waals surface area contributed by atoms with Crippen LogP contribution in [-0.4, -0.2) is 17.0 Å². The molecule has 1 aromatic carbocycles. The van der Waals surface area contributed by atoms with E-state index >= 15 is 0 Å². The Morgan fingerprint density at radius 2 is 1.90 bits per heavy atom. The van der Waals surface area contributed by atoms with E-state index in [0.717, 1.165) is 27.3 Å². The van der Waals surface area contributed by atoms with Crippen molar-refractivity contribution in [2.45, 2.75) is 26.9 Å². The first kappa shape index (κ1) is 16.0. The first-order valence-corrected chi connectivity index (χ1v) is 8.09. The highest BCUT2D eigenvalue weighted by Crippen LogP contribution is 2.22. The van der Waals surface area contributed by atoms with Gasteiger partial charge in [-0.1, -0.05) is 32.0 Å². The molecule has 0 bridgehead atoms. The minimum Gasteiger partial charge on any atom is -0.486 e. The van der Waals surface area contributed by atoms with E-state index in [0.29, 0.717) is 18.3 Å². The van der Waals surface area contributed by atoms with Crippen LogP contribution in [0.3, 0.4) is 0 Å². The quantitative estimate of drug-likeness (QED) is 0.752. The molecule has 0 radical (unpaired) electrons. The molecule has 1 N–H and O–H groups in total. The van der Waals surface area contributed by atoms with Gasteiger partial charge in [0.25, 0.3) is 0 Å². The number of para-hydroxylation sites is 1. The normalized spacial score (nSPS) is 10.7. The highest BCUT2D eigenvalue weighted by atomic mass is 127. The number of halogens is 1. The summed E-state index contributed by atoms with van der Waals surface area (Å²) < 4.78 is 6.83. The second-order valence-electron chi connectivity index (χ2n) is 5.20. The molecule has 21 heavy (non-hydrogen) atoms. The van der Waals surface area contributed by atoms with Gasteiger partial charge < -0.3 is 10.1 Å². The van der Waals surface area contributed by atoms with E-state index in [2.05, 4.69) is 51.7 Å². The van der Waals surface area contributed by atoms with Crippen LogP contribution in [0, 0.1) is 9.49 Å². The van der Waals surface area contributed by atoms with E-state index < -0.39 is 0 Å². The molecule has 0 spiro atoms. The van der Waals surface area contributed by atoms with Crippen molar-refractivity contribution in [3.05, 3.63) is 45.4 Å². The number of hydrogen-bond acceptors (Lipinski definition) is 4. The van der Waals surface area contributed by atoms with Crippen molar-refractivity contribution in [3.8, 4) is 5.75 Å². The average molecular weight is 397 g/mol. The second-order valence-corrected chi connectivity index (χ2v) is 6.28. The van der Waals surface area contributed by atoms with Crippen molar-refractivity contribution in [2.75, 3.05) is 12.4 Å². The number of anilines is 1. The summed E-state index contributed by atoms with van der Waals surface area (Å²) >= 11 is 2.30. The molecule has 0 saturated heterocycles. The number of nitrogens with zero attached hydrogens (tertiary/aromatic N) is 2. The lowest BCUT2D eigenvalue weighted by molar-refractivity contribution is 0.295. The monoisotopic (exact) mass is 397 g/mol. The van der Waals surface area contributed by atoms with Crippen LogP contribution in [0.4, 0.5) is 5.82 Å². The van der Waals surface area contributed by atoms with Crippen LogP contribution in [0.5, 0.6) is 5.75 Å². The third-order valence-electron chi connectivity index (χ3n) is 2.92. The summed E-state index contributed by atoms with van der Waals surface area (Å²) in [5.41, 5.74) is 1.08. The standard InChI is InChI=1S/C16H20IN3O/c1-11(2)9-13-15(17)16(18-3)20-14(19-13)10-21-12-7-5-4-6-8-12/h4-8,11H,9-10H2,1-3H3,(H,18,19,20). The molecule has 0 unspecified atom stereocenters. The van der Waals surface area contributed by atoms with Crippen molar-refractivity contribution < 1.29 is 4.74 Å². The van der Waals surface area contributed by atoms with E-state index in [-0.39, 0.29) is 0 Å². The van der Waals surface area contributed by atoms with Gasteiger partial charge in [-0.2, -0.15) is 0 Å². The lowest BCUT2D eigenvalue weighted by Crippen LogP contribution is -2.11.